The minimum absolute atomic E-state index is 0.0306. The Kier molecular flexibility index (Phi) is 4.86. The quantitative estimate of drug-likeness (QED) is 0.629. The second-order valence-corrected chi connectivity index (χ2v) is 3.81. The number of esters is 1. The van der Waals surface area contributed by atoms with E-state index in [0.717, 1.165) is 6.07 Å². The van der Waals surface area contributed by atoms with E-state index in [4.69, 9.17) is 5.26 Å². The second-order valence-electron chi connectivity index (χ2n) is 3.81. The Morgan fingerprint density at radius 2 is 2.10 bits per heavy atom. The molecule has 0 aliphatic carbocycles. The SMILES string of the molecule is CCOC(=O)Cc1cc(C#N)c(C(F)(F)F)cc1C=O. The molecule has 0 bridgehead atoms. The van der Waals surface area contributed by atoms with Crippen molar-refractivity contribution in [3.05, 3.63) is 34.4 Å². The molecule has 0 atom stereocenters. The van der Waals surface area contributed by atoms with E-state index in [9.17, 15) is 22.8 Å². The van der Waals surface area contributed by atoms with Gasteiger partial charge in [-0.1, -0.05) is 0 Å². The molecule has 1 rings (SSSR count). The summed E-state index contributed by atoms with van der Waals surface area (Å²) in [5.74, 6) is -0.681. The van der Waals surface area contributed by atoms with Gasteiger partial charge in [0.05, 0.1) is 30.2 Å². The number of nitrogens with zero attached hydrogens (tertiary/aromatic N) is 1. The van der Waals surface area contributed by atoms with E-state index >= 15 is 0 Å². The molecule has 0 unspecified atom stereocenters. The van der Waals surface area contributed by atoms with Crippen LogP contribution in [0.1, 0.15) is 34.0 Å². The van der Waals surface area contributed by atoms with Gasteiger partial charge in [0.1, 0.15) is 6.29 Å². The molecule has 0 radical (unpaired) electrons. The van der Waals surface area contributed by atoms with Crippen molar-refractivity contribution in [1.82, 2.24) is 0 Å². The summed E-state index contributed by atoms with van der Waals surface area (Å²) < 4.78 is 42.8. The normalized spacial score (nSPS) is 10.8. The molecule has 1 aromatic carbocycles. The predicted molar refractivity (Wildman–Crippen MR) is 61.9 cm³/mol. The van der Waals surface area contributed by atoms with E-state index < -0.39 is 23.3 Å². The molecule has 0 aliphatic rings. The highest BCUT2D eigenvalue weighted by atomic mass is 19.4. The molecule has 4 nitrogen and oxygen atoms in total. The highest BCUT2D eigenvalue weighted by Gasteiger charge is 2.34. The van der Waals surface area contributed by atoms with Crippen LogP contribution >= 0.6 is 0 Å². The van der Waals surface area contributed by atoms with Crippen LogP contribution in [0.2, 0.25) is 0 Å². The van der Waals surface area contributed by atoms with Crippen LogP contribution in [-0.4, -0.2) is 18.9 Å². The maximum atomic E-state index is 12.7. The van der Waals surface area contributed by atoms with Gasteiger partial charge in [-0.3, -0.25) is 9.59 Å². The number of benzene rings is 1. The summed E-state index contributed by atoms with van der Waals surface area (Å²) in [5, 5.41) is 8.75. The zero-order chi connectivity index (χ0) is 15.3. The number of carbonyl (C=O) groups excluding carboxylic acids is 2. The van der Waals surface area contributed by atoms with E-state index in [2.05, 4.69) is 4.74 Å². The fourth-order valence-corrected chi connectivity index (χ4v) is 1.62. The predicted octanol–water partition coefficient (Wildman–Crippen LogP) is 2.50. The topological polar surface area (TPSA) is 67.2 Å². The van der Waals surface area contributed by atoms with Gasteiger partial charge < -0.3 is 4.74 Å². The first kappa shape index (κ1) is 15.7. The summed E-state index contributed by atoms with van der Waals surface area (Å²) in [6.45, 7) is 1.69. The maximum Gasteiger partial charge on any atom is 0.417 e. The van der Waals surface area contributed by atoms with Crippen LogP contribution in [0, 0.1) is 11.3 Å². The van der Waals surface area contributed by atoms with Crippen molar-refractivity contribution < 1.29 is 27.5 Å². The fraction of sp³-hybridized carbons (Fsp3) is 0.308. The lowest BCUT2D eigenvalue weighted by molar-refractivity contribution is -0.142. The number of carbonyl (C=O) groups is 2. The molecule has 0 heterocycles. The van der Waals surface area contributed by atoms with E-state index in [1.54, 1.807) is 6.92 Å². The number of alkyl halides is 3. The summed E-state index contributed by atoms with van der Waals surface area (Å²) in [7, 11) is 0. The van der Waals surface area contributed by atoms with Crippen LogP contribution in [0.25, 0.3) is 0 Å². The van der Waals surface area contributed by atoms with Crippen molar-refractivity contribution in [2.75, 3.05) is 6.61 Å². The minimum atomic E-state index is -4.74. The monoisotopic (exact) mass is 285 g/mol. The zero-order valence-corrected chi connectivity index (χ0v) is 10.5. The van der Waals surface area contributed by atoms with E-state index in [1.165, 1.54) is 6.07 Å². The Balaban J connectivity index is 3.31. The molecular formula is C13H10F3NO3. The Labute approximate surface area is 112 Å². The average Bonchev–Trinajstić information content (AvgIpc) is 2.37. The number of rotatable bonds is 4. The minimum Gasteiger partial charge on any atom is -0.466 e. The molecule has 20 heavy (non-hydrogen) atoms. The first-order valence-electron chi connectivity index (χ1n) is 5.58. The first-order chi connectivity index (χ1) is 9.33. The van der Waals surface area contributed by atoms with Crippen LogP contribution in [-0.2, 0) is 22.1 Å². The lowest BCUT2D eigenvalue weighted by atomic mass is 9.97. The van der Waals surface area contributed by atoms with Crippen molar-refractivity contribution in [3.8, 4) is 6.07 Å². The smallest absolute Gasteiger partial charge is 0.417 e. The highest BCUT2D eigenvalue weighted by Crippen LogP contribution is 2.33. The lowest BCUT2D eigenvalue weighted by Crippen LogP contribution is -2.13. The summed E-state index contributed by atoms with van der Waals surface area (Å²) in [6, 6.07) is 2.87. The van der Waals surface area contributed by atoms with Crippen molar-refractivity contribution in [2.45, 2.75) is 19.5 Å². The number of nitriles is 1. The lowest BCUT2D eigenvalue weighted by Gasteiger charge is -2.12. The third kappa shape index (κ3) is 3.57. The molecule has 0 saturated carbocycles. The van der Waals surface area contributed by atoms with Crippen LogP contribution in [0.3, 0.4) is 0 Å². The van der Waals surface area contributed by atoms with Crippen LogP contribution < -0.4 is 0 Å². The number of hydrogen-bond donors (Lipinski definition) is 0. The van der Waals surface area contributed by atoms with E-state index in [0.29, 0.717) is 6.07 Å². The Morgan fingerprint density at radius 3 is 2.55 bits per heavy atom. The molecule has 0 N–H and O–H groups in total. The molecule has 0 aliphatic heterocycles. The molecule has 106 valence electrons. The highest BCUT2D eigenvalue weighted by molar-refractivity contribution is 5.82. The number of hydrogen-bond acceptors (Lipinski definition) is 4. The summed E-state index contributed by atoms with van der Waals surface area (Å²) in [6.07, 6.45) is -4.90. The van der Waals surface area contributed by atoms with E-state index in [-0.39, 0.29) is 30.4 Å². The van der Waals surface area contributed by atoms with Gasteiger partial charge in [-0.15, -0.1) is 0 Å². The van der Waals surface area contributed by atoms with Gasteiger partial charge in [0.25, 0.3) is 0 Å². The van der Waals surface area contributed by atoms with Crippen LogP contribution in [0.15, 0.2) is 12.1 Å². The summed E-state index contributed by atoms with van der Waals surface area (Å²) >= 11 is 0. The van der Waals surface area contributed by atoms with Crippen molar-refractivity contribution in [1.29, 1.82) is 5.26 Å². The molecule has 0 saturated heterocycles. The van der Waals surface area contributed by atoms with Gasteiger partial charge in [0.15, 0.2) is 0 Å². The third-order valence-electron chi connectivity index (χ3n) is 2.47. The second kappa shape index (κ2) is 6.19. The van der Waals surface area contributed by atoms with E-state index in [1.807, 2.05) is 0 Å². The fourth-order valence-electron chi connectivity index (χ4n) is 1.62. The first-order valence-corrected chi connectivity index (χ1v) is 5.58. The number of halogens is 3. The van der Waals surface area contributed by atoms with Crippen molar-refractivity contribution >= 4 is 12.3 Å². The van der Waals surface area contributed by atoms with Crippen molar-refractivity contribution in [2.24, 2.45) is 0 Å². The maximum absolute atomic E-state index is 12.7. The van der Waals surface area contributed by atoms with Crippen LogP contribution in [0.4, 0.5) is 13.2 Å². The third-order valence-corrected chi connectivity index (χ3v) is 2.47. The van der Waals surface area contributed by atoms with Gasteiger partial charge >= 0.3 is 12.1 Å². The summed E-state index contributed by atoms with van der Waals surface area (Å²) in [5.41, 5.74) is -2.09. The standard InChI is InChI=1S/C13H10F3NO3/c1-2-20-12(19)5-8-3-9(6-17)11(13(14,15)16)4-10(8)7-18/h3-4,7H,2,5H2,1H3. The Bertz CT molecular complexity index is 573. The molecule has 7 heteroatoms. The Hall–Kier alpha value is -2.36. The number of aldehydes is 1. The zero-order valence-electron chi connectivity index (χ0n) is 10.5. The molecular weight excluding hydrogens is 275 g/mol. The summed E-state index contributed by atoms with van der Waals surface area (Å²) in [4.78, 5) is 22.2. The van der Waals surface area contributed by atoms with Gasteiger partial charge in [-0.2, -0.15) is 18.4 Å². The van der Waals surface area contributed by atoms with Gasteiger partial charge in [-0.05, 0) is 24.6 Å². The number of ether oxygens (including phenoxy) is 1. The van der Waals surface area contributed by atoms with Gasteiger partial charge in [0.2, 0.25) is 0 Å². The van der Waals surface area contributed by atoms with Gasteiger partial charge in [-0.25, -0.2) is 0 Å². The molecule has 0 amide bonds. The molecule has 0 fully saturated rings. The molecule has 1 aromatic rings. The largest absolute Gasteiger partial charge is 0.466 e. The average molecular weight is 285 g/mol. The molecule has 0 aromatic heterocycles. The van der Waals surface area contributed by atoms with Crippen molar-refractivity contribution in [3.63, 3.8) is 0 Å². The molecule has 0 spiro atoms. The van der Waals surface area contributed by atoms with Gasteiger partial charge in [0, 0.05) is 5.56 Å². The van der Waals surface area contributed by atoms with Crippen LogP contribution in [0.5, 0.6) is 0 Å². The Morgan fingerprint density at radius 1 is 1.45 bits per heavy atom.